The van der Waals surface area contributed by atoms with Crippen LogP contribution in [0.5, 0.6) is 0 Å². The minimum Gasteiger partial charge on any atom is -0.475 e. The number of benzene rings is 1. The smallest absolute Gasteiger partial charge is 0.475 e. The number of nitrogens with zero attached hydrogens (tertiary/aromatic N) is 1. The van der Waals surface area contributed by atoms with Crippen molar-refractivity contribution in [3.05, 3.63) is 35.9 Å². The van der Waals surface area contributed by atoms with E-state index in [-0.39, 0.29) is 12.2 Å². The van der Waals surface area contributed by atoms with E-state index in [1.807, 2.05) is 13.8 Å². The van der Waals surface area contributed by atoms with Gasteiger partial charge in [0.1, 0.15) is 0 Å². The van der Waals surface area contributed by atoms with Crippen LogP contribution in [0.2, 0.25) is 0 Å². The van der Waals surface area contributed by atoms with Gasteiger partial charge in [-0.05, 0) is 70.0 Å². The number of aliphatic carboxylic acids is 1. The third kappa shape index (κ3) is 8.40. The molecule has 1 saturated heterocycles. The van der Waals surface area contributed by atoms with E-state index in [4.69, 9.17) is 14.6 Å². The highest BCUT2D eigenvalue weighted by molar-refractivity contribution is 5.73. The second-order valence-electron chi connectivity index (χ2n) is 8.58. The van der Waals surface area contributed by atoms with Gasteiger partial charge in [0.2, 0.25) is 0 Å². The van der Waals surface area contributed by atoms with Crippen LogP contribution in [0.1, 0.15) is 45.1 Å². The van der Waals surface area contributed by atoms with E-state index in [0.717, 1.165) is 25.8 Å². The van der Waals surface area contributed by atoms with E-state index in [1.165, 1.54) is 31.5 Å². The Balaban J connectivity index is 0.000000423. The fourth-order valence-electron chi connectivity index (χ4n) is 4.09. The topological polar surface area (TPSA) is 78.9 Å². The summed E-state index contributed by atoms with van der Waals surface area (Å²) in [6, 6.07) is 11.0. The third-order valence-electron chi connectivity index (χ3n) is 5.74. The van der Waals surface area contributed by atoms with Gasteiger partial charge in [0.05, 0.1) is 6.10 Å². The van der Waals surface area contributed by atoms with Crippen LogP contribution in [0.4, 0.5) is 18.0 Å². The monoisotopic (exact) mass is 444 g/mol. The number of carboxylic acid groups (broad SMARTS) is 1. The Hall–Kier alpha value is -2.29. The third-order valence-corrected chi connectivity index (χ3v) is 5.74. The number of carbonyl (C=O) groups excluding carboxylic acids is 1. The standard InChI is InChI=1S/C20H30N2O2.C2HF3O2/c1-16(2)24-19(23)21-18-14-20(15-18)9-12-22(13-10-20)11-8-17-6-4-3-5-7-17;3-2(4,5)1(6)7/h3-7,16,18H,8-15H2,1-2H3,(H,21,23);(H,6,7). The molecule has 0 unspecified atom stereocenters. The van der Waals surface area contributed by atoms with Crippen molar-refractivity contribution in [2.24, 2.45) is 5.41 Å². The SMILES string of the molecule is CC(C)OC(=O)NC1CC2(CCN(CCc3ccccc3)CC2)C1.O=C(O)C(F)(F)F. The summed E-state index contributed by atoms with van der Waals surface area (Å²) in [5.41, 5.74) is 1.90. The summed E-state index contributed by atoms with van der Waals surface area (Å²) in [6.07, 6.45) is 0.508. The lowest BCUT2D eigenvalue weighted by molar-refractivity contribution is -0.192. The molecule has 31 heavy (non-hydrogen) atoms. The number of alkyl carbamates (subject to hydrolysis) is 1. The van der Waals surface area contributed by atoms with Crippen LogP contribution in [-0.2, 0) is 16.0 Å². The van der Waals surface area contributed by atoms with E-state index in [1.54, 1.807) is 0 Å². The Labute approximate surface area is 180 Å². The molecular weight excluding hydrogens is 413 g/mol. The molecule has 1 spiro atoms. The van der Waals surface area contributed by atoms with Crippen molar-refractivity contribution >= 4 is 12.1 Å². The van der Waals surface area contributed by atoms with Gasteiger partial charge in [0.15, 0.2) is 0 Å². The van der Waals surface area contributed by atoms with E-state index < -0.39 is 12.1 Å². The molecule has 0 radical (unpaired) electrons. The van der Waals surface area contributed by atoms with Gasteiger partial charge in [-0.25, -0.2) is 9.59 Å². The highest BCUT2D eigenvalue weighted by Crippen LogP contribution is 2.49. The number of ether oxygens (including phenoxy) is 1. The first kappa shape index (κ1) is 25.0. The van der Waals surface area contributed by atoms with Crippen LogP contribution in [0.3, 0.4) is 0 Å². The van der Waals surface area contributed by atoms with E-state index in [9.17, 15) is 18.0 Å². The molecule has 1 aromatic rings. The molecule has 1 saturated carbocycles. The Kier molecular flexibility index (Phi) is 8.73. The zero-order valence-corrected chi connectivity index (χ0v) is 18.0. The van der Waals surface area contributed by atoms with Crippen LogP contribution >= 0.6 is 0 Å². The maximum Gasteiger partial charge on any atom is 0.490 e. The van der Waals surface area contributed by atoms with Gasteiger partial charge >= 0.3 is 18.2 Å². The van der Waals surface area contributed by atoms with Gasteiger partial charge in [-0.3, -0.25) is 0 Å². The summed E-state index contributed by atoms with van der Waals surface area (Å²) in [4.78, 5) is 23.1. The van der Waals surface area contributed by atoms with Crippen molar-refractivity contribution in [2.45, 2.75) is 64.3 Å². The summed E-state index contributed by atoms with van der Waals surface area (Å²) < 4.78 is 36.9. The zero-order valence-electron chi connectivity index (χ0n) is 18.0. The number of alkyl halides is 3. The number of nitrogens with one attached hydrogen (secondary N) is 1. The first-order chi connectivity index (χ1) is 14.5. The molecule has 1 aromatic carbocycles. The molecule has 0 aromatic heterocycles. The van der Waals surface area contributed by atoms with Crippen molar-refractivity contribution < 1.29 is 32.6 Å². The van der Waals surface area contributed by atoms with Crippen molar-refractivity contribution in [3.63, 3.8) is 0 Å². The number of hydrogen-bond donors (Lipinski definition) is 2. The summed E-state index contributed by atoms with van der Waals surface area (Å²) in [5.74, 6) is -2.76. The van der Waals surface area contributed by atoms with Crippen LogP contribution < -0.4 is 5.32 Å². The predicted octanol–water partition coefficient (Wildman–Crippen LogP) is 4.24. The number of rotatable bonds is 5. The highest BCUT2D eigenvalue weighted by atomic mass is 19.4. The Morgan fingerprint density at radius 2 is 1.74 bits per heavy atom. The lowest BCUT2D eigenvalue weighted by Gasteiger charge is -2.52. The van der Waals surface area contributed by atoms with Crippen molar-refractivity contribution in [1.82, 2.24) is 10.2 Å². The first-order valence-corrected chi connectivity index (χ1v) is 10.5. The predicted molar refractivity (Wildman–Crippen MR) is 110 cm³/mol. The minimum atomic E-state index is -5.08. The lowest BCUT2D eigenvalue weighted by atomic mass is 9.60. The number of piperidine rings is 1. The number of halogens is 3. The van der Waals surface area contributed by atoms with Crippen LogP contribution in [0.25, 0.3) is 0 Å². The maximum atomic E-state index is 11.7. The van der Waals surface area contributed by atoms with Gasteiger partial charge in [-0.1, -0.05) is 30.3 Å². The Morgan fingerprint density at radius 1 is 1.19 bits per heavy atom. The molecule has 174 valence electrons. The van der Waals surface area contributed by atoms with Crippen molar-refractivity contribution in [3.8, 4) is 0 Å². The number of amides is 1. The summed E-state index contributed by atoms with van der Waals surface area (Å²) in [7, 11) is 0. The van der Waals surface area contributed by atoms with Gasteiger partial charge in [0, 0.05) is 12.6 Å². The van der Waals surface area contributed by atoms with E-state index >= 15 is 0 Å². The molecule has 6 nitrogen and oxygen atoms in total. The molecular formula is C22H31F3N2O4. The fourth-order valence-corrected chi connectivity index (χ4v) is 4.09. The molecule has 2 aliphatic rings. The molecule has 1 aliphatic heterocycles. The second kappa shape index (κ2) is 10.8. The zero-order chi connectivity index (χ0) is 23.1. The Bertz CT molecular complexity index is 709. The molecule has 1 amide bonds. The van der Waals surface area contributed by atoms with Gasteiger partial charge in [-0.2, -0.15) is 13.2 Å². The molecule has 0 bridgehead atoms. The molecule has 2 N–H and O–H groups in total. The van der Waals surface area contributed by atoms with E-state index in [0.29, 0.717) is 11.5 Å². The highest BCUT2D eigenvalue weighted by Gasteiger charge is 2.46. The average Bonchev–Trinajstić information content (AvgIpc) is 2.66. The van der Waals surface area contributed by atoms with Crippen molar-refractivity contribution in [1.29, 1.82) is 0 Å². The van der Waals surface area contributed by atoms with Crippen molar-refractivity contribution in [2.75, 3.05) is 19.6 Å². The molecule has 0 atom stereocenters. The average molecular weight is 444 g/mol. The largest absolute Gasteiger partial charge is 0.490 e. The van der Waals surface area contributed by atoms with Gasteiger partial charge in [-0.15, -0.1) is 0 Å². The summed E-state index contributed by atoms with van der Waals surface area (Å²) >= 11 is 0. The molecule has 2 fully saturated rings. The quantitative estimate of drug-likeness (QED) is 0.710. The fraction of sp³-hybridized carbons (Fsp3) is 0.636. The minimum absolute atomic E-state index is 0.0492. The maximum absolute atomic E-state index is 11.7. The van der Waals surface area contributed by atoms with Crippen LogP contribution in [0.15, 0.2) is 30.3 Å². The van der Waals surface area contributed by atoms with Crippen LogP contribution in [-0.4, -0.2) is 60.0 Å². The second-order valence-corrected chi connectivity index (χ2v) is 8.58. The van der Waals surface area contributed by atoms with Crippen LogP contribution in [0, 0.1) is 5.41 Å². The number of likely N-dealkylation sites (tertiary alicyclic amines) is 1. The van der Waals surface area contributed by atoms with E-state index in [2.05, 4.69) is 40.5 Å². The van der Waals surface area contributed by atoms with Gasteiger partial charge in [0.25, 0.3) is 0 Å². The number of carboxylic acids is 1. The molecule has 3 rings (SSSR count). The summed E-state index contributed by atoms with van der Waals surface area (Å²) in [6.45, 7) is 7.30. The summed E-state index contributed by atoms with van der Waals surface area (Å²) in [5, 5.41) is 10.1. The lowest BCUT2D eigenvalue weighted by Crippen LogP contribution is -2.55. The molecule has 9 heteroatoms. The molecule has 1 heterocycles. The number of carbonyl (C=O) groups is 2. The number of hydrogen-bond acceptors (Lipinski definition) is 4. The van der Waals surface area contributed by atoms with Gasteiger partial charge < -0.3 is 20.1 Å². The molecule has 1 aliphatic carbocycles. The Morgan fingerprint density at radius 3 is 2.23 bits per heavy atom. The normalized spacial score (nSPS) is 18.6. The first-order valence-electron chi connectivity index (χ1n) is 10.5.